The monoisotopic (exact) mass is 308 g/mol. The molecule has 2 unspecified atom stereocenters. The lowest BCUT2D eigenvalue weighted by Gasteiger charge is -2.15. The van der Waals surface area contributed by atoms with E-state index >= 15 is 0 Å². The van der Waals surface area contributed by atoms with Crippen LogP contribution >= 0.6 is 0 Å². The Morgan fingerprint density at radius 1 is 0.850 bits per heavy atom. The van der Waals surface area contributed by atoms with Gasteiger partial charge >= 0.3 is 0 Å². The lowest BCUT2D eigenvalue weighted by molar-refractivity contribution is 0.155. The van der Waals surface area contributed by atoms with E-state index in [0.29, 0.717) is 6.42 Å². The van der Waals surface area contributed by atoms with Gasteiger partial charge in [0.05, 0.1) is 6.10 Å². The second kappa shape index (κ2) is 11.5. The fourth-order valence-electron chi connectivity index (χ4n) is 2.27. The predicted molar refractivity (Wildman–Crippen MR) is 83.5 cm³/mol. The van der Waals surface area contributed by atoms with E-state index in [1.165, 1.54) is 51.9 Å². The fourth-order valence-corrected chi connectivity index (χ4v) is 2.81. The molecule has 0 aliphatic rings. The molecule has 0 rings (SSSR count). The number of aliphatic hydroxyl groups excluding tert-OH is 1. The Morgan fingerprint density at radius 2 is 1.25 bits per heavy atom. The summed E-state index contributed by atoms with van der Waals surface area (Å²) in [5.74, 6) is 0. The Morgan fingerprint density at radius 3 is 1.65 bits per heavy atom. The first-order valence-electron chi connectivity index (χ1n) is 8.04. The van der Waals surface area contributed by atoms with Crippen LogP contribution in [0.2, 0.25) is 0 Å². The quantitative estimate of drug-likeness (QED) is 0.399. The summed E-state index contributed by atoms with van der Waals surface area (Å²) in [7, 11) is -4.11. The summed E-state index contributed by atoms with van der Waals surface area (Å²) in [4.78, 5) is 0. The molecule has 0 heterocycles. The Kier molecular flexibility index (Phi) is 11.4. The summed E-state index contributed by atoms with van der Waals surface area (Å²) >= 11 is 0. The minimum Gasteiger partial charge on any atom is -0.392 e. The SMILES string of the molecule is CCCCCCCCCCCCC(O)C(C)S(=O)(=O)O. The number of hydrogen-bond acceptors (Lipinski definition) is 3. The minimum absolute atomic E-state index is 0.442. The second-order valence-electron chi connectivity index (χ2n) is 5.76. The second-order valence-corrected chi connectivity index (χ2v) is 7.53. The highest BCUT2D eigenvalue weighted by molar-refractivity contribution is 7.86. The summed E-state index contributed by atoms with van der Waals surface area (Å²) in [5, 5.41) is 8.55. The lowest BCUT2D eigenvalue weighted by atomic mass is 10.0. The minimum atomic E-state index is -4.11. The first kappa shape index (κ1) is 19.9. The molecule has 0 saturated heterocycles. The van der Waals surface area contributed by atoms with Gasteiger partial charge in [0.1, 0.15) is 5.25 Å². The molecular formula is C15H32O4S. The van der Waals surface area contributed by atoms with E-state index in [2.05, 4.69) is 6.92 Å². The van der Waals surface area contributed by atoms with Gasteiger partial charge in [-0.3, -0.25) is 4.55 Å². The highest BCUT2D eigenvalue weighted by Gasteiger charge is 2.25. The van der Waals surface area contributed by atoms with Crippen LogP contribution in [0, 0.1) is 0 Å². The van der Waals surface area contributed by atoms with Gasteiger partial charge < -0.3 is 5.11 Å². The van der Waals surface area contributed by atoms with E-state index in [0.717, 1.165) is 19.3 Å². The van der Waals surface area contributed by atoms with Crippen LogP contribution in [0.5, 0.6) is 0 Å². The van der Waals surface area contributed by atoms with E-state index < -0.39 is 21.5 Å². The Hall–Kier alpha value is -0.130. The average molecular weight is 308 g/mol. The van der Waals surface area contributed by atoms with Crippen molar-refractivity contribution in [3.05, 3.63) is 0 Å². The van der Waals surface area contributed by atoms with Crippen molar-refractivity contribution in [3.8, 4) is 0 Å². The van der Waals surface area contributed by atoms with E-state index in [4.69, 9.17) is 4.55 Å². The molecule has 122 valence electrons. The Bertz CT molecular complexity index is 314. The average Bonchev–Trinajstić information content (AvgIpc) is 2.38. The zero-order valence-corrected chi connectivity index (χ0v) is 13.9. The van der Waals surface area contributed by atoms with Gasteiger partial charge in [-0.2, -0.15) is 8.42 Å². The van der Waals surface area contributed by atoms with Crippen LogP contribution < -0.4 is 0 Å². The maximum Gasteiger partial charge on any atom is 0.270 e. The highest BCUT2D eigenvalue weighted by Crippen LogP contribution is 2.14. The van der Waals surface area contributed by atoms with Crippen LogP contribution in [0.4, 0.5) is 0 Å². The van der Waals surface area contributed by atoms with Crippen molar-refractivity contribution in [2.75, 3.05) is 0 Å². The zero-order chi connectivity index (χ0) is 15.4. The van der Waals surface area contributed by atoms with Crippen LogP contribution in [0.25, 0.3) is 0 Å². The van der Waals surface area contributed by atoms with Crippen LogP contribution in [0.1, 0.15) is 84.5 Å². The summed E-state index contributed by atoms with van der Waals surface area (Å²) in [6.07, 6.45) is 11.5. The molecule has 0 aromatic heterocycles. The third kappa shape index (κ3) is 10.6. The van der Waals surface area contributed by atoms with Gasteiger partial charge in [-0.1, -0.05) is 71.1 Å². The maximum atomic E-state index is 10.9. The van der Waals surface area contributed by atoms with Gasteiger partial charge in [0.2, 0.25) is 0 Å². The van der Waals surface area contributed by atoms with Crippen LogP contribution in [0.15, 0.2) is 0 Å². The number of rotatable bonds is 13. The molecule has 0 aliphatic carbocycles. The largest absolute Gasteiger partial charge is 0.392 e. The standard InChI is InChI=1S/C15H32O4S/c1-3-4-5-6-7-8-9-10-11-12-13-15(16)14(2)20(17,18)19/h14-16H,3-13H2,1-2H3,(H,17,18,19). The van der Waals surface area contributed by atoms with Crippen molar-refractivity contribution in [1.29, 1.82) is 0 Å². The van der Waals surface area contributed by atoms with Crippen LogP contribution in [-0.4, -0.2) is 29.4 Å². The van der Waals surface area contributed by atoms with Gasteiger partial charge in [-0.15, -0.1) is 0 Å². The van der Waals surface area contributed by atoms with E-state index in [1.807, 2.05) is 0 Å². The molecule has 4 nitrogen and oxygen atoms in total. The third-order valence-electron chi connectivity index (χ3n) is 3.87. The Labute approximate surface area is 124 Å². The molecule has 0 aliphatic heterocycles. The summed E-state index contributed by atoms with van der Waals surface area (Å²) in [5.41, 5.74) is 0. The molecule has 2 atom stereocenters. The van der Waals surface area contributed by atoms with E-state index in [1.54, 1.807) is 0 Å². The van der Waals surface area contributed by atoms with Crippen molar-refractivity contribution in [2.45, 2.75) is 95.8 Å². The molecule has 0 aromatic rings. The maximum absolute atomic E-state index is 10.9. The van der Waals surface area contributed by atoms with E-state index in [9.17, 15) is 13.5 Å². The van der Waals surface area contributed by atoms with Gasteiger partial charge in [-0.05, 0) is 13.3 Å². The molecule has 2 N–H and O–H groups in total. The van der Waals surface area contributed by atoms with Crippen molar-refractivity contribution in [2.24, 2.45) is 0 Å². The normalized spacial score (nSPS) is 15.2. The first-order valence-corrected chi connectivity index (χ1v) is 9.54. The first-order chi connectivity index (χ1) is 9.39. The zero-order valence-electron chi connectivity index (χ0n) is 13.1. The molecule has 0 saturated carbocycles. The van der Waals surface area contributed by atoms with E-state index in [-0.39, 0.29) is 0 Å². The van der Waals surface area contributed by atoms with Crippen molar-refractivity contribution in [1.82, 2.24) is 0 Å². The molecule has 0 aromatic carbocycles. The lowest BCUT2D eigenvalue weighted by Crippen LogP contribution is -2.30. The topological polar surface area (TPSA) is 74.6 Å². The van der Waals surface area contributed by atoms with Crippen LogP contribution in [0.3, 0.4) is 0 Å². The summed E-state index contributed by atoms with van der Waals surface area (Å²) < 4.78 is 30.5. The van der Waals surface area contributed by atoms with Crippen molar-refractivity contribution in [3.63, 3.8) is 0 Å². The van der Waals surface area contributed by atoms with Gasteiger partial charge in [-0.25, -0.2) is 0 Å². The number of hydrogen-bond donors (Lipinski definition) is 2. The van der Waals surface area contributed by atoms with Gasteiger partial charge in [0.15, 0.2) is 0 Å². The van der Waals surface area contributed by atoms with Gasteiger partial charge in [0, 0.05) is 0 Å². The molecular weight excluding hydrogens is 276 g/mol. The molecule has 0 spiro atoms. The predicted octanol–water partition coefficient (Wildman–Crippen LogP) is 3.93. The Balaban J connectivity index is 3.40. The van der Waals surface area contributed by atoms with Crippen molar-refractivity contribution < 1.29 is 18.1 Å². The molecule has 0 amide bonds. The third-order valence-corrected chi connectivity index (χ3v) is 5.12. The fraction of sp³-hybridized carbons (Fsp3) is 1.00. The number of aliphatic hydroxyl groups is 1. The highest BCUT2D eigenvalue weighted by atomic mass is 32.2. The summed E-state index contributed by atoms with van der Waals surface area (Å²) in [6, 6.07) is 0. The smallest absolute Gasteiger partial charge is 0.270 e. The summed E-state index contributed by atoms with van der Waals surface area (Å²) in [6.45, 7) is 3.56. The van der Waals surface area contributed by atoms with Gasteiger partial charge in [0.25, 0.3) is 10.1 Å². The molecule has 0 bridgehead atoms. The molecule has 0 radical (unpaired) electrons. The van der Waals surface area contributed by atoms with Crippen molar-refractivity contribution >= 4 is 10.1 Å². The molecule has 0 fully saturated rings. The molecule has 20 heavy (non-hydrogen) atoms. The van der Waals surface area contributed by atoms with Crippen LogP contribution in [-0.2, 0) is 10.1 Å². The number of unbranched alkanes of at least 4 members (excludes halogenated alkanes) is 9. The molecule has 5 heteroatoms.